The number of hydroxylamine groups is 1. The lowest BCUT2D eigenvalue weighted by Crippen LogP contribution is -2.24. The van der Waals surface area contributed by atoms with Crippen molar-refractivity contribution in [3.8, 4) is 5.75 Å². The van der Waals surface area contributed by atoms with E-state index in [4.69, 9.17) is 4.74 Å². The summed E-state index contributed by atoms with van der Waals surface area (Å²) in [5.74, 6) is 0.584. The summed E-state index contributed by atoms with van der Waals surface area (Å²) >= 11 is 0. The maximum Gasteiger partial charge on any atom is 0.413 e. The third-order valence-corrected chi connectivity index (χ3v) is 1.93. The summed E-state index contributed by atoms with van der Waals surface area (Å²) in [5, 5.41) is 0. The summed E-state index contributed by atoms with van der Waals surface area (Å²) in [6.45, 7) is 2.65. The molecule has 0 aromatic heterocycles. The second kappa shape index (κ2) is 7.03. The van der Waals surface area contributed by atoms with Crippen molar-refractivity contribution < 1.29 is 22.7 Å². The minimum absolute atomic E-state index is 0.128. The predicted octanol–water partition coefficient (Wildman–Crippen LogP) is 2.83. The van der Waals surface area contributed by atoms with Crippen LogP contribution in [0.15, 0.2) is 36.9 Å². The van der Waals surface area contributed by atoms with Gasteiger partial charge in [-0.1, -0.05) is 30.9 Å². The van der Waals surface area contributed by atoms with Crippen LogP contribution < -0.4 is 10.2 Å². The molecule has 0 radical (unpaired) electrons. The summed E-state index contributed by atoms with van der Waals surface area (Å²) in [5.41, 5.74) is 2.96. The zero-order chi connectivity index (χ0) is 13.4. The minimum atomic E-state index is -4.34. The van der Waals surface area contributed by atoms with Gasteiger partial charge >= 0.3 is 6.18 Å². The highest BCUT2D eigenvalue weighted by molar-refractivity contribution is 5.33. The van der Waals surface area contributed by atoms with Gasteiger partial charge in [0.05, 0.1) is 0 Å². The lowest BCUT2D eigenvalue weighted by atomic mass is 10.2. The van der Waals surface area contributed by atoms with E-state index in [2.05, 4.69) is 16.9 Å². The quantitative estimate of drug-likeness (QED) is 0.465. The van der Waals surface area contributed by atoms with Gasteiger partial charge in [0.25, 0.3) is 0 Å². The van der Waals surface area contributed by atoms with Crippen LogP contribution in [0.5, 0.6) is 5.75 Å². The third-order valence-electron chi connectivity index (χ3n) is 1.93. The molecule has 0 bridgehead atoms. The van der Waals surface area contributed by atoms with Gasteiger partial charge in [-0.2, -0.15) is 18.7 Å². The highest BCUT2D eigenvalue weighted by atomic mass is 19.4. The number of para-hydroxylation sites is 1. The zero-order valence-corrected chi connectivity index (χ0v) is 9.67. The molecule has 6 heteroatoms. The molecule has 1 aromatic carbocycles. The molecule has 0 spiro atoms. The Morgan fingerprint density at radius 3 is 2.67 bits per heavy atom. The third kappa shape index (κ3) is 5.70. The van der Waals surface area contributed by atoms with Gasteiger partial charge in [0.2, 0.25) is 0 Å². The molecule has 1 rings (SSSR count). The Morgan fingerprint density at radius 1 is 1.28 bits per heavy atom. The molecular formula is C12H14F3NO2. The molecule has 0 fully saturated rings. The first-order valence-corrected chi connectivity index (χ1v) is 5.26. The molecule has 3 nitrogen and oxygen atoms in total. The van der Waals surface area contributed by atoms with E-state index in [9.17, 15) is 13.2 Å². The van der Waals surface area contributed by atoms with Crippen LogP contribution in [0.1, 0.15) is 5.56 Å². The molecule has 1 N–H and O–H groups in total. The Hall–Kier alpha value is -1.53. The second-order valence-electron chi connectivity index (χ2n) is 3.43. The van der Waals surface area contributed by atoms with Crippen molar-refractivity contribution in [3.05, 3.63) is 42.5 Å². The largest absolute Gasteiger partial charge is 0.489 e. The van der Waals surface area contributed by atoms with Crippen molar-refractivity contribution >= 4 is 0 Å². The standard InChI is InChI=1S/C12H14F3NO2/c1-2-7-17-11-6-4-3-5-10(11)8-16-18-9-12(13,14)15/h2-6,16H,1,7-9H2. The van der Waals surface area contributed by atoms with Crippen molar-refractivity contribution in [1.29, 1.82) is 0 Å². The van der Waals surface area contributed by atoms with Crippen molar-refractivity contribution in [2.45, 2.75) is 12.7 Å². The first-order chi connectivity index (χ1) is 8.53. The molecule has 0 aliphatic carbocycles. The monoisotopic (exact) mass is 261 g/mol. The number of hydrogen-bond acceptors (Lipinski definition) is 3. The fourth-order valence-electron chi connectivity index (χ4n) is 1.20. The topological polar surface area (TPSA) is 30.5 Å². The Kier molecular flexibility index (Phi) is 5.67. The van der Waals surface area contributed by atoms with E-state index in [1.807, 2.05) is 0 Å². The molecule has 0 heterocycles. The molecule has 0 atom stereocenters. The van der Waals surface area contributed by atoms with Gasteiger partial charge in [-0.05, 0) is 6.07 Å². The molecule has 0 aliphatic rings. The number of alkyl halides is 3. The van der Waals surface area contributed by atoms with Crippen molar-refractivity contribution in [2.75, 3.05) is 13.2 Å². The van der Waals surface area contributed by atoms with Crippen molar-refractivity contribution in [3.63, 3.8) is 0 Å². The first kappa shape index (κ1) is 14.5. The molecule has 0 unspecified atom stereocenters. The van der Waals surface area contributed by atoms with E-state index < -0.39 is 12.8 Å². The van der Waals surface area contributed by atoms with Crippen molar-refractivity contribution in [2.24, 2.45) is 0 Å². The average Bonchev–Trinajstić information content (AvgIpc) is 2.32. The Balaban J connectivity index is 2.43. The lowest BCUT2D eigenvalue weighted by Gasteiger charge is -2.11. The zero-order valence-electron chi connectivity index (χ0n) is 9.67. The van der Waals surface area contributed by atoms with Crippen LogP contribution >= 0.6 is 0 Å². The average molecular weight is 261 g/mol. The van der Waals surface area contributed by atoms with E-state index in [1.165, 1.54) is 0 Å². The fraction of sp³-hybridized carbons (Fsp3) is 0.333. The van der Waals surface area contributed by atoms with Gasteiger partial charge in [0.15, 0.2) is 6.61 Å². The molecule has 100 valence electrons. The van der Waals surface area contributed by atoms with Crippen LogP contribution in [0, 0.1) is 0 Å². The maximum absolute atomic E-state index is 11.8. The van der Waals surface area contributed by atoms with Crippen molar-refractivity contribution in [1.82, 2.24) is 5.48 Å². The number of ether oxygens (including phenoxy) is 1. The maximum atomic E-state index is 11.8. The molecule has 0 saturated carbocycles. The van der Waals surface area contributed by atoms with Gasteiger partial charge in [0.1, 0.15) is 12.4 Å². The highest BCUT2D eigenvalue weighted by Crippen LogP contribution is 2.18. The number of nitrogens with one attached hydrogen (secondary N) is 1. The molecule has 1 aromatic rings. The smallest absolute Gasteiger partial charge is 0.413 e. The van der Waals surface area contributed by atoms with Gasteiger partial charge in [-0.3, -0.25) is 4.84 Å². The number of hydrogen-bond donors (Lipinski definition) is 1. The number of halogens is 3. The second-order valence-corrected chi connectivity index (χ2v) is 3.43. The molecular weight excluding hydrogens is 247 g/mol. The van der Waals surface area contributed by atoms with Gasteiger partial charge < -0.3 is 4.74 Å². The van der Waals surface area contributed by atoms with Crippen LogP contribution in [-0.2, 0) is 11.4 Å². The summed E-state index contributed by atoms with van der Waals surface area (Å²) in [4.78, 5) is 4.31. The fourth-order valence-corrected chi connectivity index (χ4v) is 1.20. The molecule has 0 amide bonds. The van der Waals surface area contributed by atoms with E-state index >= 15 is 0 Å². The Morgan fingerprint density at radius 2 is 2.00 bits per heavy atom. The highest BCUT2D eigenvalue weighted by Gasteiger charge is 2.27. The molecule has 0 aliphatic heterocycles. The number of rotatable bonds is 7. The van der Waals surface area contributed by atoms with Gasteiger partial charge in [-0.15, -0.1) is 0 Å². The number of benzene rings is 1. The van der Waals surface area contributed by atoms with Crippen LogP contribution in [0.25, 0.3) is 0 Å². The lowest BCUT2D eigenvalue weighted by molar-refractivity contribution is -0.190. The summed E-state index contributed by atoms with van der Waals surface area (Å²) in [7, 11) is 0. The normalized spacial score (nSPS) is 11.3. The van der Waals surface area contributed by atoms with E-state index in [0.29, 0.717) is 17.9 Å². The SMILES string of the molecule is C=CCOc1ccccc1CNOCC(F)(F)F. The van der Waals surface area contributed by atoms with Crippen LogP contribution in [0.3, 0.4) is 0 Å². The predicted molar refractivity (Wildman–Crippen MR) is 61.0 cm³/mol. The van der Waals surface area contributed by atoms with Crippen LogP contribution in [-0.4, -0.2) is 19.4 Å². The van der Waals surface area contributed by atoms with Crippen LogP contribution in [0.2, 0.25) is 0 Å². The summed E-state index contributed by atoms with van der Waals surface area (Å²) < 4.78 is 40.8. The summed E-state index contributed by atoms with van der Waals surface area (Å²) in [6, 6.07) is 7.01. The van der Waals surface area contributed by atoms with E-state index in [0.717, 1.165) is 0 Å². The van der Waals surface area contributed by atoms with Crippen LogP contribution in [0.4, 0.5) is 13.2 Å². The van der Waals surface area contributed by atoms with Gasteiger partial charge in [0, 0.05) is 12.1 Å². The molecule has 0 saturated heterocycles. The Labute approximate surface area is 103 Å². The Bertz CT molecular complexity index is 380. The van der Waals surface area contributed by atoms with E-state index in [-0.39, 0.29) is 6.54 Å². The van der Waals surface area contributed by atoms with Gasteiger partial charge in [-0.25, -0.2) is 0 Å². The van der Waals surface area contributed by atoms with E-state index in [1.54, 1.807) is 30.3 Å². The first-order valence-electron chi connectivity index (χ1n) is 5.26. The molecule has 18 heavy (non-hydrogen) atoms. The minimum Gasteiger partial charge on any atom is -0.489 e. The summed E-state index contributed by atoms with van der Waals surface area (Å²) in [6.07, 6.45) is -2.75.